The van der Waals surface area contributed by atoms with E-state index in [9.17, 15) is 5.11 Å². The Bertz CT molecular complexity index is 386. The summed E-state index contributed by atoms with van der Waals surface area (Å²) in [7, 11) is 0. The summed E-state index contributed by atoms with van der Waals surface area (Å²) in [4.78, 5) is 10.6. The average Bonchev–Trinajstić information content (AvgIpc) is 2.37. The van der Waals surface area contributed by atoms with Crippen LogP contribution in [0.3, 0.4) is 0 Å². The van der Waals surface area contributed by atoms with Crippen LogP contribution in [0.25, 0.3) is 0 Å². The third kappa shape index (κ3) is 2.65. The second-order valence-electron chi connectivity index (χ2n) is 4.03. The number of hydrogen-bond donors (Lipinski definition) is 2. The van der Waals surface area contributed by atoms with Gasteiger partial charge in [0.1, 0.15) is 17.5 Å². The standard InChI is InChI=1S/C11H18N4O2/c1-2-10-13-9(12)5-11(14-10)15-3-4-17-7-8(15)6-16/h5,8,16H,2-4,6-7H2,1H3,(H2,12,13,14). The fourth-order valence-corrected chi connectivity index (χ4v) is 1.92. The highest BCUT2D eigenvalue weighted by Gasteiger charge is 2.24. The van der Waals surface area contributed by atoms with Gasteiger partial charge < -0.3 is 20.5 Å². The van der Waals surface area contributed by atoms with E-state index >= 15 is 0 Å². The van der Waals surface area contributed by atoms with Gasteiger partial charge in [0.2, 0.25) is 0 Å². The summed E-state index contributed by atoms with van der Waals surface area (Å²) in [6.07, 6.45) is 0.742. The number of nitrogens with two attached hydrogens (primary N) is 1. The lowest BCUT2D eigenvalue weighted by Gasteiger charge is -2.35. The van der Waals surface area contributed by atoms with E-state index in [-0.39, 0.29) is 12.6 Å². The monoisotopic (exact) mass is 238 g/mol. The largest absolute Gasteiger partial charge is 0.394 e. The van der Waals surface area contributed by atoms with Crippen molar-refractivity contribution in [1.29, 1.82) is 0 Å². The Morgan fingerprint density at radius 2 is 2.41 bits per heavy atom. The van der Waals surface area contributed by atoms with Crippen LogP contribution in [0.5, 0.6) is 0 Å². The molecule has 0 saturated carbocycles. The molecule has 0 aromatic carbocycles. The quantitative estimate of drug-likeness (QED) is 0.760. The zero-order valence-electron chi connectivity index (χ0n) is 9.96. The number of hydrogen-bond acceptors (Lipinski definition) is 6. The lowest BCUT2D eigenvalue weighted by atomic mass is 10.2. The van der Waals surface area contributed by atoms with Gasteiger partial charge in [-0.15, -0.1) is 0 Å². The van der Waals surface area contributed by atoms with Gasteiger partial charge in [0.25, 0.3) is 0 Å². The predicted molar refractivity (Wildman–Crippen MR) is 64.9 cm³/mol. The normalized spacial score (nSPS) is 20.6. The summed E-state index contributed by atoms with van der Waals surface area (Å²) in [5.41, 5.74) is 5.76. The Kier molecular flexibility index (Phi) is 3.75. The third-order valence-electron chi connectivity index (χ3n) is 2.83. The van der Waals surface area contributed by atoms with Crippen molar-refractivity contribution in [1.82, 2.24) is 9.97 Å². The van der Waals surface area contributed by atoms with Crippen molar-refractivity contribution >= 4 is 11.6 Å². The number of anilines is 2. The van der Waals surface area contributed by atoms with Crippen molar-refractivity contribution in [2.75, 3.05) is 37.0 Å². The zero-order valence-corrected chi connectivity index (χ0v) is 9.96. The second kappa shape index (κ2) is 5.29. The third-order valence-corrected chi connectivity index (χ3v) is 2.83. The molecule has 6 heteroatoms. The van der Waals surface area contributed by atoms with Crippen LogP contribution >= 0.6 is 0 Å². The molecular weight excluding hydrogens is 220 g/mol. The number of aliphatic hydroxyl groups excluding tert-OH is 1. The zero-order chi connectivity index (χ0) is 12.3. The Balaban J connectivity index is 2.27. The molecule has 1 aromatic rings. The number of aliphatic hydroxyl groups is 1. The number of nitrogens with zero attached hydrogens (tertiary/aromatic N) is 3. The van der Waals surface area contributed by atoms with Crippen LogP contribution in [0, 0.1) is 0 Å². The van der Waals surface area contributed by atoms with Crippen molar-refractivity contribution < 1.29 is 9.84 Å². The molecule has 17 heavy (non-hydrogen) atoms. The molecule has 1 atom stereocenters. The highest BCUT2D eigenvalue weighted by atomic mass is 16.5. The number of ether oxygens (including phenoxy) is 1. The lowest BCUT2D eigenvalue weighted by molar-refractivity contribution is 0.0722. The predicted octanol–water partition coefficient (Wildman–Crippen LogP) is -0.181. The fraction of sp³-hybridized carbons (Fsp3) is 0.636. The highest BCUT2D eigenvalue weighted by molar-refractivity contribution is 5.48. The van der Waals surface area contributed by atoms with Crippen LogP contribution < -0.4 is 10.6 Å². The molecule has 0 radical (unpaired) electrons. The van der Waals surface area contributed by atoms with Crippen molar-refractivity contribution in [2.24, 2.45) is 0 Å². The summed E-state index contributed by atoms with van der Waals surface area (Å²) in [6.45, 7) is 3.90. The molecule has 6 nitrogen and oxygen atoms in total. The number of morpholine rings is 1. The molecule has 0 aliphatic carbocycles. The molecule has 1 fully saturated rings. The van der Waals surface area contributed by atoms with E-state index in [0.717, 1.165) is 18.1 Å². The van der Waals surface area contributed by atoms with Gasteiger partial charge in [-0.2, -0.15) is 0 Å². The Morgan fingerprint density at radius 3 is 3.12 bits per heavy atom. The van der Waals surface area contributed by atoms with E-state index in [2.05, 4.69) is 9.97 Å². The Hall–Kier alpha value is -1.40. The van der Waals surface area contributed by atoms with Crippen molar-refractivity contribution in [3.8, 4) is 0 Å². The van der Waals surface area contributed by atoms with Gasteiger partial charge in [-0.3, -0.25) is 0 Å². The summed E-state index contributed by atoms with van der Waals surface area (Å²) in [6, 6.07) is 1.69. The van der Waals surface area contributed by atoms with E-state index in [1.165, 1.54) is 0 Å². The maximum atomic E-state index is 9.32. The molecule has 1 aromatic heterocycles. The first-order chi connectivity index (χ1) is 8.24. The molecule has 2 rings (SSSR count). The first-order valence-corrected chi connectivity index (χ1v) is 5.83. The Labute approximate surface area is 100 Å². The van der Waals surface area contributed by atoms with Gasteiger partial charge in [0, 0.05) is 19.0 Å². The van der Waals surface area contributed by atoms with Gasteiger partial charge in [-0.25, -0.2) is 9.97 Å². The highest BCUT2D eigenvalue weighted by Crippen LogP contribution is 2.19. The molecule has 94 valence electrons. The van der Waals surface area contributed by atoms with Gasteiger partial charge in [-0.05, 0) is 0 Å². The Morgan fingerprint density at radius 1 is 1.59 bits per heavy atom. The van der Waals surface area contributed by atoms with E-state index in [1.807, 2.05) is 11.8 Å². The minimum absolute atomic E-state index is 0.0470. The molecule has 1 saturated heterocycles. The van der Waals surface area contributed by atoms with Crippen LogP contribution in [-0.4, -0.2) is 47.5 Å². The first-order valence-electron chi connectivity index (χ1n) is 5.83. The van der Waals surface area contributed by atoms with Gasteiger partial charge in [-0.1, -0.05) is 6.92 Å². The summed E-state index contributed by atoms with van der Waals surface area (Å²) < 4.78 is 5.34. The molecule has 1 aliphatic heterocycles. The summed E-state index contributed by atoms with van der Waals surface area (Å²) in [5, 5.41) is 9.32. The van der Waals surface area contributed by atoms with Gasteiger partial charge in [0.05, 0.1) is 25.9 Å². The second-order valence-corrected chi connectivity index (χ2v) is 4.03. The van der Waals surface area contributed by atoms with Crippen LogP contribution in [0.1, 0.15) is 12.7 Å². The van der Waals surface area contributed by atoms with Crippen LogP contribution in [0.4, 0.5) is 11.6 Å². The molecule has 3 N–H and O–H groups in total. The van der Waals surface area contributed by atoms with Crippen molar-refractivity contribution in [3.63, 3.8) is 0 Å². The first kappa shape index (κ1) is 12.1. The maximum Gasteiger partial charge on any atom is 0.134 e. The van der Waals surface area contributed by atoms with Crippen molar-refractivity contribution in [2.45, 2.75) is 19.4 Å². The molecule has 0 amide bonds. The van der Waals surface area contributed by atoms with E-state index in [1.54, 1.807) is 6.07 Å². The number of aryl methyl sites for hydroxylation is 1. The van der Waals surface area contributed by atoms with E-state index in [0.29, 0.717) is 25.6 Å². The number of aromatic nitrogens is 2. The van der Waals surface area contributed by atoms with Gasteiger partial charge >= 0.3 is 0 Å². The number of nitrogen functional groups attached to an aromatic ring is 1. The van der Waals surface area contributed by atoms with E-state index < -0.39 is 0 Å². The smallest absolute Gasteiger partial charge is 0.134 e. The molecule has 0 bridgehead atoms. The summed E-state index contributed by atoms with van der Waals surface area (Å²) >= 11 is 0. The molecule has 0 spiro atoms. The minimum Gasteiger partial charge on any atom is -0.394 e. The lowest BCUT2D eigenvalue weighted by Crippen LogP contribution is -2.48. The van der Waals surface area contributed by atoms with Crippen LogP contribution in [0.2, 0.25) is 0 Å². The van der Waals surface area contributed by atoms with Crippen LogP contribution in [0.15, 0.2) is 6.07 Å². The average molecular weight is 238 g/mol. The fourth-order valence-electron chi connectivity index (χ4n) is 1.92. The SMILES string of the molecule is CCc1nc(N)cc(N2CCOCC2CO)n1. The number of rotatable bonds is 3. The molecule has 2 heterocycles. The summed E-state index contributed by atoms with van der Waals surface area (Å²) in [5.74, 6) is 1.97. The van der Waals surface area contributed by atoms with Crippen molar-refractivity contribution in [3.05, 3.63) is 11.9 Å². The molecule has 1 unspecified atom stereocenters. The molecular formula is C11H18N4O2. The maximum absolute atomic E-state index is 9.32. The van der Waals surface area contributed by atoms with E-state index in [4.69, 9.17) is 10.5 Å². The topological polar surface area (TPSA) is 84.5 Å². The van der Waals surface area contributed by atoms with Gasteiger partial charge in [0.15, 0.2) is 0 Å². The van der Waals surface area contributed by atoms with Crippen LogP contribution in [-0.2, 0) is 11.2 Å². The molecule has 1 aliphatic rings. The minimum atomic E-state index is -0.0530.